The van der Waals surface area contributed by atoms with Crippen molar-refractivity contribution in [2.75, 3.05) is 24.2 Å². The predicted molar refractivity (Wildman–Crippen MR) is 92.5 cm³/mol. The number of aromatic nitrogens is 4. The Morgan fingerprint density at radius 3 is 2.72 bits per heavy atom. The van der Waals surface area contributed by atoms with Crippen molar-refractivity contribution >= 4 is 15.7 Å². The number of sulfone groups is 1. The molecule has 0 amide bonds. The van der Waals surface area contributed by atoms with Crippen LogP contribution in [0.5, 0.6) is 0 Å². The normalized spacial score (nSPS) is 18.8. The van der Waals surface area contributed by atoms with Gasteiger partial charge in [-0.2, -0.15) is 4.98 Å². The lowest BCUT2D eigenvalue weighted by atomic mass is 9.98. The van der Waals surface area contributed by atoms with Crippen LogP contribution in [-0.4, -0.2) is 47.9 Å². The highest BCUT2D eigenvalue weighted by atomic mass is 32.2. The average molecular weight is 365 g/mol. The van der Waals surface area contributed by atoms with Gasteiger partial charge in [-0.25, -0.2) is 18.4 Å². The number of anilines is 1. The van der Waals surface area contributed by atoms with Gasteiger partial charge < -0.3 is 9.42 Å². The van der Waals surface area contributed by atoms with Crippen molar-refractivity contribution in [1.82, 2.24) is 20.1 Å². The van der Waals surface area contributed by atoms with Gasteiger partial charge in [0.15, 0.2) is 21.5 Å². The van der Waals surface area contributed by atoms with Gasteiger partial charge in [-0.05, 0) is 19.8 Å². The molecule has 0 bridgehead atoms. The van der Waals surface area contributed by atoms with E-state index in [0.717, 1.165) is 19.4 Å². The maximum Gasteiger partial charge on any atom is 0.231 e. The van der Waals surface area contributed by atoms with Crippen molar-refractivity contribution in [3.63, 3.8) is 0 Å². The van der Waals surface area contributed by atoms with E-state index in [4.69, 9.17) is 4.52 Å². The van der Waals surface area contributed by atoms with Crippen LogP contribution in [0.2, 0.25) is 0 Å². The molecule has 0 unspecified atom stereocenters. The van der Waals surface area contributed by atoms with Crippen molar-refractivity contribution < 1.29 is 12.9 Å². The van der Waals surface area contributed by atoms with Gasteiger partial charge in [0.2, 0.25) is 5.89 Å². The summed E-state index contributed by atoms with van der Waals surface area (Å²) in [6.07, 6.45) is 4.39. The molecule has 136 valence electrons. The summed E-state index contributed by atoms with van der Waals surface area (Å²) in [6, 6.07) is 0. The number of nitrogens with zero attached hydrogens (tertiary/aromatic N) is 5. The Morgan fingerprint density at radius 2 is 2.08 bits per heavy atom. The van der Waals surface area contributed by atoms with E-state index in [1.807, 2.05) is 18.7 Å². The first-order valence-electron chi connectivity index (χ1n) is 8.38. The van der Waals surface area contributed by atoms with Gasteiger partial charge in [0.25, 0.3) is 0 Å². The molecule has 2 aromatic rings. The van der Waals surface area contributed by atoms with Crippen LogP contribution in [0.15, 0.2) is 15.6 Å². The molecule has 0 aromatic carbocycles. The lowest BCUT2D eigenvalue weighted by Crippen LogP contribution is -2.36. The monoisotopic (exact) mass is 365 g/mol. The standard InChI is InChI=1S/C16H23N5O3S/c1-10(2)14-19-16(24-20-14)12-6-5-7-21(9-12)15-13(25(4,22)23)8-17-11(3)18-15/h8,10,12H,5-7,9H2,1-4H3/t12-/m1/s1. The van der Waals surface area contributed by atoms with Crippen molar-refractivity contribution in [3.8, 4) is 0 Å². The van der Waals surface area contributed by atoms with E-state index in [0.29, 0.717) is 29.9 Å². The summed E-state index contributed by atoms with van der Waals surface area (Å²) in [4.78, 5) is 15.1. The molecule has 3 heterocycles. The maximum absolute atomic E-state index is 12.1. The van der Waals surface area contributed by atoms with Gasteiger partial charge in [-0.1, -0.05) is 19.0 Å². The smallest absolute Gasteiger partial charge is 0.231 e. The minimum absolute atomic E-state index is 0.0661. The van der Waals surface area contributed by atoms with Crippen LogP contribution >= 0.6 is 0 Å². The highest BCUT2D eigenvalue weighted by molar-refractivity contribution is 7.90. The van der Waals surface area contributed by atoms with Crippen LogP contribution in [-0.2, 0) is 9.84 Å². The first kappa shape index (κ1) is 17.8. The number of rotatable bonds is 4. The van der Waals surface area contributed by atoms with Crippen LogP contribution in [0.4, 0.5) is 5.82 Å². The first-order chi connectivity index (χ1) is 11.8. The molecule has 0 saturated carbocycles. The predicted octanol–water partition coefficient (Wildman–Crippen LogP) is 2.08. The van der Waals surface area contributed by atoms with E-state index in [9.17, 15) is 8.42 Å². The molecule has 0 spiro atoms. The van der Waals surface area contributed by atoms with E-state index < -0.39 is 9.84 Å². The van der Waals surface area contributed by atoms with Gasteiger partial charge in [-0.15, -0.1) is 0 Å². The quantitative estimate of drug-likeness (QED) is 0.811. The summed E-state index contributed by atoms with van der Waals surface area (Å²) in [7, 11) is -3.41. The summed E-state index contributed by atoms with van der Waals surface area (Å²) in [6.45, 7) is 7.12. The van der Waals surface area contributed by atoms with E-state index in [-0.39, 0.29) is 16.7 Å². The third-order valence-electron chi connectivity index (χ3n) is 4.30. The van der Waals surface area contributed by atoms with E-state index >= 15 is 0 Å². The Hall–Kier alpha value is -2.03. The molecule has 1 aliphatic heterocycles. The largest absolute Gasteiger partial charge is 0.355 e. The second kappa shape index (κ2) is 6.70. The van der Waals surface area contributed by atoms with Gasteiger partial charge in [-0.3, -0.25) is 0 Å². The Bertz CT molecular complexity index is 862. The van der Waals surface area contributed by atoms with E-state index in [1.54, 1.807) is 6.92 Å². The first-order valence-corrected chi connectivity index (χ1v) is 10.3. The van der Waals surface area contributed by atoms with Crippen LogP contribution in [0, 0.1) is 6.92 Å². The zero-order valence-corrected chi connectivity index (χ0v) is 15.7. The minimum atomic E-state index is -3.41. The third-order valence-corrected chi connectivity index (χ3v) is 5.39. The summed E-state index contributed by atoms with van der Waals surface area (Å²) < 4.78 is 29.6. The molecule has 0 radical (unpaired) electrons. The number of piperidine rings is 1. The van der Waals surface area contributed by atoms with Crippen molar-refractivity contribution in [1.29, 1.82) is 0 Å². The Kier molecular flexibility index (Phi) is 4.77. The molecule has 1 fully saturated rings. The average Bonchev–Trinajstić information content (AvgIpc) is 3.04. The van der Waals surface area contributed by atoms with Crippen LogP contribution in [0.25, 0.3) is 0 Å². The molecule has 8 nitrogen and oxygen atoms in total. The highest BCUT2D eigenvalue weighted by Crippen LogP contribution is 2.31. The van der Waals surface area contributed by atoms with Gasteiger partial charge >= 0.3 is 0 Å². The second-order valence-electron chi connectivity index (χ2n) is 6.81. The number of hydrogen-bond donors (Lipinski definition) is 0. The SMILES string of the molecule is Cc1ncc(S(C)(=O)=O)c(N2CCC[C@@H](c3nc(C(C)C)no3)C2)n1. The highest BCUT2D eigenvalue weighted by Gasteiger charge is 2.30. The van der Waals surface area contributed by atoms with Gasteiger partial charge in [0, 0.05) is 25.3 Å². The molecular formula is C16H23N5O3S. The topological polar surface area (TPSA) is 102 Å². The van der Waals surface area contributed by atoms with Crippen LogP contribution in [0.3, 0.4) is 0 Å². The molecule has 1 atom stereocenters. The maximum atomic E-state index is 12.1. The van der Waals surface area contributed by atoms with Crippen LogP contribution in [0.1, 0.15) is 56.1 Å². The molecule has 0 N–H and O–H groups in total. The van der Waals surface area contributed by atoms with Gasteiger partial charge in [0.05, 0.1) is 12.1 Å². The Labute approximate surface area is 147 Å². The van der Waals surface area contributed by atoms with Crippen molar-refractivity contribution in [2.45, 2.75) is 50.3 Å². The van der Waals surface area contributed by atoms with Crippen molar-refractivity contribution in [3.05, 3.63) is 23.7 Å². The molecule has 2 aromatic heterocycles. The van der Waals surface area contributed by atoms with E-state index in [2.05, 4.69) is 20.1 Å². The summed E-state index contributed by atoms with van der Waals surface area (Å²) >= 11 is 0. The van der Waals surface area contributed by atoms with E-state index in [1.165, 1.54) is 12.5 Å². The minimum Gasteiger partial charge on any atom is -0.355 e. The summed E-state index contributed by atoms with van der Waals surface area (Å²) in [5.41, 5.74) is 0. The lowest BCUT2D eigenvalue weighted by molar-refractivity contribution is 0.329. The molecule has 0 aliphatic carbocycles. The molecule has 3 rings (SSSR count). The fourth-order valence-corrected chi connectivity index (χ4v) is 3.70. The van der Waals surface area contributed by atoms with Crippen molar-refractivity contribution in [2.24, 2.45) is 0 Å². The molecule has 9 heteroatoms. The third kappa shape index (κ3) is 3.81. The summed E-state index contributed by atoms with van der Waals surface area (Å²) in [5.74, 6) is 2.59. The zero-order chi connectivity index (χ0) is 18.2. The number of hydrogen-bond acceptors (Lipinski definition) is 8. The summed E-state index contributed by atoms with van der Waals surface area (Å²) in [5, 5.41) is 4.03. The molecule has 25 heavy (non-hydrogen) atoms. The fourth-order valence-electron chi connectivity index (χ4n) is 2.95. The molecular weight excluding hydrogens is 342 g/mol. The lowest BCUT2D eigenvalue weighted by Gasteiger charge is -2.32. The Balaban J connectivity index is 1.90. The molecule has 1 aliphatic rings. The second-order valence-corrected chi connectivity index (χ2v) is 8.79. The van der Waals surface area contributed by atoms with Gasteiger partial charge in [0.1, 0.15) is 10.7 Å². The fraction of sp³-hybridized carbons (Fsp3) is 0.625. The Morgan fingerprint density at radius 1 is 1.32 bits per heavy atom. The zero-order valence-electron chi connectivity index (χ0n) is 14.9. The van der Waals surface area contributed by atoms with Crippen LogP contribution < -0.4 is 4.90 Å². The number of aryl methyl sites for hydroxylation is 1. The molecule has 1 saturated heterocycles.